The summed E-state index contributed by atoms with van der Waals surface area (Å²) in [7, 11) is 0. The quantitative estimate of drug-likeness (QED) is 0.188. The number of hydrogen-bond donors (Lipinski definition) is 1. The van der Waals surface area contributed by atoms with Gasteiger partial charge in [0, 0.05) is 5.57 Å². The molecule has 5 heteroatoms. The van der Waals surface area contributed by atoms with Crippen LogP contribution in [0.15, 0.2) is 30.4 Å². The Balaban J connectivity index is 1.51. The number of esters is 1. The molecule has 2 saturated carbocycles. The zero-order chi connectivity index (χ0) is 25.2. The molecule has 1 aromatic carbocycles. The molecule has 0 bridgehead atoms. The Kier molecular flexibility index (Phi) is 10.7. The lowest BCUT2D eigenvalue weighted by Crippen LogP contribution is -2.26. The van der Waals surface area contributed by atoms with Crippen LogP contribution in [0.1, 0.15) is 113 Å². The fourth-order valence-electron chi connectivity index (χ4n) is 6.11. The SMILES string of the molecule is C=C(C)C(=O)OCCOc1ccc(C(=O)O)c(C2CCC([C@H]3CC[C@H](CCCCC)CC3)CC2)c1. The minimum atomic E-state index is -0.884. The van der Waals surface area contributed by atoms with Gasteiger partial charge >= 0.3 is 11.9 Å². The van der Waals surface area contributed by atoms with Crippen molar-refractivity contribution in [2.75, 3.05) is 13.2 Å². The highest BCUT2D eigenvalue weighted by molar-refractivity contribution is 5.90. The van der Waals surface area contributed by atoms with Crippen molar-refractivity contribution in [2.45, 2.75) is 96.8 Å². The van der Waals surface area contributed by atoms with E-state index in [1.54, 1.807) is 19.1 Å². The van der Waals surface area contributed by atoms with Gasteiger partial charge in [0.25, 0.3) is 0 Å². The highest BCUT2D eigenvalue weighted by Gasteiger charge is 2.32. The van der Waals surface area contributed by atoms with Gasteiger partial charge in [-0.15, -0.1) is 0 Å². The van der Waals surface area contributed by atoms with E-state index in [1.807, 2.05) is 6.07 Å². The number of hydrogen-bond acceptors (Lipinski definition) is 4. The van der Waals surface area contributed by atoms with Gasteiger partial charge in [-0.2, -0.15) is 0 Å². The number of rotatable bonds is 12. The van der Waals surface area contributed by atoms with E-state index in [-0.39, 0.29) is 19.1 Å². The van der Waals surface area contributed by atoms with Crippen molar-refractivity contribution < 1.29 is 24.2 Å². The van der Waals surface area contributed by atoms with Crippen LogP contribution >= 0.6 is 0 Å². The highest BCUT2D eigenvalue weighted by atomic mass is 16.6. The summed E-state index contributed by atoms with van der Waals surface area (Å²) in [5.41, 5.74) is 1.61. The summed E-state index contributed by atoms with van der Waals surface area (Å²) in [5.74, 6) is 2.15. The lowest BCUT2D eigenvalue weighted by Gasteiger charge is -2.38. The topological polar surface area (TPSA) is 72.8 Å². The Morgan fingerprint density at radius 1 is 0.971 bits per heavy atom. The zero-order valence-corrected chi connectivity index (χ0v) is 21.7. The minimum absolute atomic E-state index is 0.133. The van der Waals surface area contributed by atoms with Crippen molar-refractivity contribution in [1.29, 1.82) is 0 Å². The lowest BCUT2D eigenvalue weighted by molar-refractivity contribution is -0.139. The monoisotopic (exact) mass is 484 g/mol. The second-order valence-corrected chi connectivity index (χ2v) is 10.7. The minimum Gasteiger partial charge on any atom is -0.490 e. The number of carbonyl (C=O) groups excluding carboxylic acids is 1. The molecule has 0 heterocycles. The van der Waals surface area contributed by atoms with Crippen LogP contribution in [0, 0.1) is 17.8 Å². The van der Waals surface area contributed by atoms with E-state index in [4.69, 9.17) is 9.47 Å². The molecule has 194 valence electrons. The third-order valence-electron chi connectivity index (χ3n) is 8.17. The number of carboxylic acids is 1. The Bertz CT molecular complexity index is 844. The molecule has 0 aliphatic heterocycles. The maximum atomic E-state index is 11.9. The van der Waals surface area contributed by atoms with Crippen molar-refractivity contribution >= 4 is 11.9 Å². The van der Waals surface area contributed by atoms with E-state index in [0.29, 0.717) is 16.9 Å². The van der Waals surface area contributed by atoms with Gasteiger partial charge in [-0.3, -0.25) is 0 Å². The van der Waals surface area contributed by atoms with Crippen LogP contribution in [0.25, 0.3) is 0 Å². The molecule has 0 aromatic heterocycles. The van der Waals surface area contributed by atoms with E-state index >= 15 is 0 Å². The zero-order valence-electron chi connectivity index (χ0n) is 21.7. The van der Waals surface area contributed by atoms with Crippen LogP contribution < -0.4 is 4.74 Å². The summed E-state index contributed by atoms with van der Waals surface area (Å²) in [4.78, 5) is 23.4. The van der Waals surface area contributed by atoms with Gasteiger partial charge in [-0.05, 0) is 92.9 Å². The molecule has 0 radical (unpaired) electrons. The van der Waals surface area contributed by atoms with Gasteiger partial charge < -0.3 is 14.6 Å². The van der Waals surface area contributed by atoms with Gasteiger partial charge in [0.2, 0.25) is 0 Å². The molecule has 1 aromatic rings. The molecule has 0 atom stereocenters. The van der Waals surface area contributed by atoms with E-state index in [0.717, 1.165) is 36.2 Å². The maximum absolute atomic E-state index is 11.9. The van der Waals surface area contributed by atoms with Gasteiger partial charge in [0.15, 0.2) is 0 Å². The van der Waals surface area contributed by atoms with Crippen LogP contribution in [0.5, 0.6) is 5.75 Å². The predicted octanol–water partition coefficient (Wildman–Crippen LogP) is 7.54. The Labute approximate surface area is 211 Å². The Hall–Kier alpha value is -2.30. The first-order valence-corrected chi connectivity index (χ1v) is 13.7. The number of carbonyl (C=O) groups is 2. The summed E-state index contributed by atoms with van der Waals surface area (Å²) in [5, 5.41) is 9.77. The molecule has 0 spiro atoms. The van der Waals surface area contributed by atoms with E-state index in [2.05, 4.69) is 13.5 Å². The smallest absolute Gasteiger partial charge is 0.335 e. The molecular formula is C30H44O5. The van der Waals surface area contributed by atoms with E-state index in [1.165, 1.54) is 64.2 Å². The largest absolute Gasteiger partial charge is 0.490 e. The van der Waals surface area contributed by atoms with E-state index < -0.39 is 11.9 Å². The van der Waals surface area contributed by atoms with Crippen LogP contribution in [0.4, 0.5) is 0 Å². The number of benzene rings is 1. The summed E-state index contributed by atoms with van der Waals surface area (Å²) in [6.45, 7) is 7.80. The molecule has 35 heavy (non-hydrogen) atoms. The first-order chi connectivity index (χ1) is 16.9. The van der Waals surface area contributed by atoms with Crippen molar-refractivity contribution in [3.05, 3.63) is 41.5 Å². The molecule has 2 aliphatic carbocycles. The van der Waals surface area contributed by atoms with Crippen LogP contribution in [-0.4, -0.2) is 30.3 Å². The predicted molar refractivity (Wildman–Crippen MR) is 139 cm³/mol. The number of carboxylic acid groups (broad SMARTS) is 1. The number of ether oxygens (including phenoxy) is 2. The highest BCUT2D eigenvalue weighted by Crippen LogP contribution is 2.45. The number of unbranched alkanes of at least 4 members (excludes halogenated alkanes) is 2. The molecular weight excluding hydrogens is 440 g/mol. The summed E-state index contributed by atoms with van der Waals surface area (Å²) >= 11 is 0. The molecule has 0 unspecified atom stereocenters. The standard InChI is InChI=1S/C30H44O5/c1-4-5-6-7-22-8-10-23(11-9-22)24-12-14-25(15-13-24)28-20-26(16-17-27(28)29(31)32)34-18-19-35-30(33)21(2)3/h16-17,20,22-25H,2,4-15,18-19H2,1,3H3,(H,31,32)/t22-,23-,24?,25?. The second kappa shape index (κ2) is 13.7. The fourth-order valence-corrected chi connectivity index (χ4v) is 6.11. The first kappa shape index (κ1) is 27.3. The van der Waals surface area contributed by atoms with Crippen molar-refractivity contribution in [3.63, 3.8) is 0 Å². The third-order valence-corrected chi connectivity index (χ3v) is 8.17. The van der Waals surface area contributed by atoms with E-state index in [9.17, 15) is 14.7 Å². The van der Waals surface area contributed by atoms with Crippen molar-refractivity contribution in [3.8, 4) is 5.75 Å². The summed E-state index contributed by atoms with van der Waals surface area (Å²) < 4.78 is 10.8. The van der Waals surface area contributed by atoms with Crippen LogP contribution in [0.2, 0.25) is 0 Å². The normalized spacial score (nSPS) is 24.5. The van der Waals surface area contributed by atoms with Gasteiger partial charge in [-0.25, -0.2) is 9.59 Å². The average Bonchev–Trinajstić information content (AvgIpc) is 2.87. The van der Waals surface area contributed by atoms with Crippen LogP contribution in [0.3, 0.4) is 0 Å². The first-order valence-electron chi connectivity index (χ1n) is 13.7. The lowest BCUT2D eigenvalue weighted by atomic mass is 9.67. The average molecular weight is 485 g/mol. The maximum Gasteiger partial charge on any atom is 0.335 e. The Morgan fingerprint density at radius 2 is 1.63 bits per heavy atom. The van der Waals surface area contributed by atoms with Gasteiger partial charge in [0.1, 0.15) is 19.0 Å². The second-order valence-electron chi connectivity index (χ2n) is 10.7. The Morgan fingerprint density at radius 3 is 2.23 bits per heavy atom. The summed E-state index contributed by atoms with van der Waals surface area (Å²) in [6.07, 6.45) is 15.5. The summed E-state index contributed by atoms with van der Waals surface area (Å²) in [6, 6.07) is 5.23. The molecule has 0 saturated heterocycles. The molecule has 2 fully saturated rings. The molecule has 1 N–H and O–H groups in total. The van der Waals surface area contributed by atoms with Gasteiger partial charge in [0.05, 0.1) is 5.56 Å². The van der Waals surface area contributed by atoms with Crippen molar-refractivity contribution in [2.24, 2.45) is 17.8 Å². The third kappa shape index (κ3) is 8.12. The van der Waals surface area contributed by atoms with Crippen LogP contribution in [-0.2, 0) is 9.53 Å². The fraction of sp³-hybridized carbons (Fsp3) is 0.667. The number of aromatic carboxylic acids is 1. The molecule has 3 rings (SSSR count). The van der Waals surface area contributed by atoms with Crippen molar-refractivity contribution in [1.82, 2.24) is 0 Å². The molecule has 0 amide bonds. The van der Waals surface area contributed by atoms with Gasteiger partial charge in [-0.1, -0.05) is 52.0 Å². The molecule has 2 aliphatic rings. The molecule has 5 nitrogen and oxygen atoms in total.